The quantitative estimate of drug-likeness (QED) is 0.725. The first-order valence-electron chi connectivity index (χ1n) is 8.31. The smallest absolute Gasteiger partial charge is 0.272 e. The highest BCUT2D eigenvalue weighted by molar-refractivity contribution is 5.93. The molecule has 1 aromatic heterocycles. The fourth-order valence-corrected chi connectivity index (χ4v) is 2.72. The topological polar surface area (TPSA) is 65.4 Å². The van der Waals surface area contributed by atoms with Gasteiger partial charge in [-0.3, -0.25) is 9.48 Å². The Morgan fingerprint density at radius 3 is 2.52 bits per heavy atom. The number of hydrogen-bond donors (Lipinski definition) is 1. The maximum Gasteiger partial charge on any atom is 0.272 e. The fourth-order valence-electron chi connectivity index (χ4n) is 2.72. The third-order valence-electron chi connectivity index (χ3n) is 4.16. The largest absolute Gasteiger partial charge is 0.497 e. The summed E-state index contributed by atoms with van der Waals surface area (Å²) in [5.74, 6) is 0.695. The maximum atomic E-state index is 13.0. The van der Waals surface area contributed by atoms with Crippen molar-refractivity contribution in [1.29, 1.82) is 0 Å². The van der Waals surface area contributed by atoms with E-state index in [9.17, 15) is 9.18 Å². The summed E-state index contributed by atoms with van der Waals surface area (Å²) in [4.78, 5) is 12.4. The molecule has 0 radical (unpaired) electrons. The van der Waals surface area contributed by atoms with Gasteiger partial charge in [-0.1, -0.05) is 12.1 Å². The molecule has 0 aliphatic heterocycles. The molecule has 1 amide bonds. The van der Waals surface area contributed by atoms with E-state index in [0.29, 0.717) is 11.5 Å². The maximum absolute atomic E-state index is 13.0. The summed E-state index contributed by atoms with van der Waals surface area (Å²) < 4.78 is 25.3. The molecular weight excluding hydrogens is 349 g/mol. The lowest BCUT2D eigenvalue weighted by molar-refractivity contribution is 0.0945. The second-order valence-electron chi connectivity index (χ2n) is 5.91. The van der Waals surface area contributed by atoms with Crippen LogP contribution in [0.5, 0.6) is 11.5 Å². The van der Waals surface area contributed by atoms with E-state index in [2.05, 4.69) is 10.4 Å². The third-order valence-corrected chi connectivity index (χ3v) is 4.16. The average Bonchev–Trinajstić information content (AvgIpc) is 3.08. The van der Waals surface area contributed by atoms with Crippen LogP contribution in [-0.2, 0) is 13.6 Å². The van der Waals surface area contributed by atoms with Gasteiger partial charge in [0.2, 0.25) is 0 Å². The van der Waals surface area contributed by atoms with Crippen molar-refractivity contribution in [3.63, 3.8) is 0 Å². The summed E-state index contributed by atoms with van der Waals surface area (Å²) in [6.45, 7) is 0.285. The zero-order chi connectivity index (χ0) is 19.4. The summed E-state index contributed by atoms with van der Waals surface area (Å²) in [7, 11) is 4.92. The number of aromatic nitrogens is 2. The standard InChI is InChI=1S/C20H20FN3O3/c1-24-18(16-10-15(26-2)8-9-19(16)27-3)11-17(23-24)20(25)22-12-13-4-6-14(21)7-5-13/h4-11H,12H2,1-3H3,(H,22,25). The number of nitrogens with one attached hydrogen (secondary N) is 1. The second kappa shape index (κ2) is 7.90. The molecule has 0 saturated carbocycles. The monoisotopic (exact) mass is 369 g/mol. The molecule has 0 fully saturated rings. The van der Waals surface area contributed by atoms with Gasteiger partial charge in [0.25, 0.3) is 5.91 Å². The van der Waals surface area contributed by atoms with Gasteiger partial charge in [-0.25, -0.2) is 4.39 Å². The minimum atomic E-state index is -0.317. The number of benzene rings is 2. The number of rotatable bonds is 6. The predicted molar refractivity (Wildman–Crippen MR) is 99.3 cm³/mol. The SMILES string of the molecule is COc1ccc(OC)c(-c2cc(C(=O)NCc3ccc(F)cc3)nn2C)c1. The molecular formula is C20H20FN3O3. The molecule has 3 aromatic rings. The molecule has 0 aliphatic rings. The third kappa shape index (κ3) is 4.08. The van der Waals surface area contributed by atoms with Crippen molar-refractivity contribution in [1.82, 2.24) is 15.1 Å². The van der Waals surface area contributed by atoms with Crippen molar-refractivity contribution in [2.75, 3.05) is 14.2 Å². The molecule has 0 saturated heterocycles. The van der Waals surface area contributed by atoms with Crippen LogP contribution < -0.4 is 14.8 Å². The Bertz CT molecular complexity index is 952. The Kier molecular flexibility index (Phi) is 5.40. The van der Waals surface area contributed by atoms with Crippen molar-refractivity contribution >= 4 is 5.91 Å². The number of amides is 1. The van der Waals surface area contributed by atoms with Gasteiger partial charge in [0.15, 0.2) is 5.69 Å². The molecule has 6 nitrogen and oxygen atoms in total. The fraction of sp³-hybridized carbons (Fsp3) is 0.200. The van der Waals surface area contributed by atoms with Gasteiger partial charge in [-0.15, -0.1) is 0 Å². The lowest BCUT2D eigenvalue weighted by Crippen LogP contribution is -2.23. The van der Waals surface area contributed by atoms with Crippen molar-refractivity contribution in [3.05, 3.63) is 65.6 Å². The number of halogens is 1. The molecule has 27 heavy (non-hydrogen) atoms. The first kappa shape index (κ1) is 18.4. The number of carbonyl (C=O) groups excluding carboxylic acids is 1. The summed E-state index contributed by atoms with van der Waals surface area (Å²) >= 11 is 0. The Hall–Kier alpha value is -3.35. The number of aryl methyl sites for hydroxylation is 1. The zero-order valence-electron chi connectivity index (χ0n) is 15.3. The van der Waals surface area contributed by atoms with Gasteiger partial charge >= 0.3 is 0 Å². The summed E-state index contributed by atoms with van der Waals surface area (Å²) in [6, 6.07) is 13.1. The van der Waals surface area contributed by atoms with Gasteiger partial charge in [-0.05, 0) is 42.0 Å². The van der Waals surface area contributed by atoms with Crippen LogP contribution in [-0.4, -0.2) is 29.9 Å². The van der Waals surface area contributed by atoms with Crippen molar-refractivity contribution in [2.45, 2.75) is 6.54 Å². The molecule has 0 spiro atoms. The first-order valence-corrected chi connectivity index (χ1v) is 8.31. The van der Waals surface area contributed by atoms with Gasteiger partial charge in [0, 0.05) is 19.2 Å². The van der Waals surface area contributed by atoms with Gasteiger partial charge < -0.3 is 14.8 Å². The van der Waals surface area contributed by atoms with E-state index in [-0.39, 0.29) is 24.0 Å². The summed E-state index contributed by atoms with van der Waals surface area (Å²) in [5, 5.41) is 7.08. The number of hydrogen-bond acceptors (Lipinski definition) is 4. The molecule has 1 N–H and O–H groups in total. The Labute approximate surface area is 156 Å². The molecule has 0 atom stereocenters. The lowest BCUT2D eigenvalue weighted by Gasteiger charge is -2.10. The van der Waals surface area contributed by atoms with E-state index < -0.39 is 0 Å². The van der Waals surface area contributed by atoms with Crippen molar-refractivity contribution in [2.24, 2.45) is 7.05 Å². The molecule has 0 unspecified atom stereocenters. The Morgan fingerprint density at radius 1 is 1.11 bits per heavy atom. The zero-order valence-corrected chi connectivity index (χ0v) is 15.3. The van der Waals surface area contributed by atoms with Crippen LogP contribution in [0.4, 0.5) is 4.39 Å². The van der Waals surface area contributed by atoms with Crippen LogP contribution in [0.1, 0.15) is 16.1 Å². The number of methoxy groups -OCH3 is 2. The molecule has 0 aliphatic carbocycles. The molecule has 0 bridgehead atoms. The highest BCUT2D eigenvalue weighted by atomic mass is 19.1. The van der Waals surface area contributed by atoms with Crippen LogP contribution in [0.25, 0.3) is 11.3 Å². The molecule has 3 rings (SSSR count). The molecule has 1 heterocycles. The van der Waals surface area contributed by atoms with Crippen molar-refractivity contribution < 1.29 is 18.7 Å². The van der Waals surface area contributed by atoms with Crippen LogP contribution in [0, 0.1) is 5.82 Å². The lowest BCUT2D eigenvalue weighted by atomic mass is 10.1. The normalized spacial score (nSPS) is 10.5. The van der Waals surface area contributed by atoms with E-state index in [4.69, 9.17) is 9.47 Å². The van der Waals surface area contributed by atoms with Gasteiger partial charge in [-0.2, -0.15) is 5.10 Å². The van der Waals surface area contributed by atoms with Crippen LogP contribution in [0.2, 0.25) is 0 Å². The predicted octanol–water partition coefficient (Wildman–Crippen LogP) is 3.17. The number of nitrogens with zero attached hydrogens (tertiary/aromatic N) is 2. The van der Waals surface area contributed by atoms with E-state index >= 15 is 0 Å². The Morgan fingerprint density at radius 2 is 1.85 bits per heavy atom. The Balaban J connectivity index is 1.81. The van der Waals surface area contributed by atoms with Crippen LogP contribution in [0.15, 0.2) is 48.5 Å². The minimum Gasteiger partial charge on any atom is -0.497 e. The number of ether oxygens (including phenoxy) is 2. The highest BCUT2D eigenvalue weighted by Crippen LogP contribution is 2.33. The van der Waals surface area contributed by atoms with E-state index in [1.165, 1.54) is 12.1 Å². The van der Waals surface area contributed by atoms with Crippen molar-refractivity contribution in [3.8, 4) is 22.8 Å². The second-order valence-corrected chi connectivity index (χ2v) is 5.91. The highest BCUT2D eigenvalue weighted by Gasteiger charge is 2.17. The van der Waals surface area contributed by atoms with E-state index in [1.807, 2.05) is 6.07 Å². The molecule has 140 valence electrons. The summed E-state index contributed by atoms with van der Waals surface area (Å²) in [6.07, 6.45) is 0. The average molecular weight is 369 g/mol. The molecule has 7 heteroatoms. The summed E-state index contributed by atoms with van der Waals surface area (Å²) in [5.41, 5.74) is 2.57. The van der Waals surface area contributed by atoms with Gasteiger partial charge in [0.1, 0.15) is 17.3 Å². The van der Waals surface area contributed by atoms with Gasteiger partial charge in [0.05, 0.1) is 19.9 Å². The van der Waals surface area contributed by atoms with E-state index in [0.717, 1.165) is 16.8 Å². The van der Waals surface area contributed by atoms with Crippen LogP contribution >= 0.6 is 0 Å². The first-order chi connectivity index (χ1) is 13.0. The minimum absolute atomic E-state index is 0.277. The van der Waals surface area contributed by atoms with Crippen LogP contribution in [0.3, 0.4) is 0 Å². The van der Waals surface area contributed by atoms with E-state index in [1.54, 1.807) is 56.3 Å². The number of carbonyl (C=O) groups is 1. The molecule has 2 aromatic carbocycles.